The molecule has 0 atom stereocenters. The van der Waals surface area contributed by atoms with Gasteiger partial charge >= 0.3 is 0 Å². The molecular formula is C17H19N4O2S2+. The van der Waals surface area contributed by atoms with E-state index in [1.165, 1.54) is 16.2 Å². The molecule has 130 valence electrons. The number of hydrogen-bond acceptors (Lipinski definition) is 5. The van der Waals surface area contributed by atoms with Crippen LogP contribution in [0.25, 0.3) is 20.7 Å². The number of nitrogens with zero attached hydrogens (tertiary/aromatic N) is 2. The summed E-state index contributed by atoms with van der Waals surface area (Å²) in [5.41, 5.74) is 0.907. The summed E-state index contributed by atoms with van der Waals surface area (Å²) in [5, 5.41) is 4.72. The van der Waals surface area contributed by atoms with Gasteiger partial charge < -0.3 is 14.8 Å². The standard InChI is InChI=1S/C17H18N4O2S2/c1-11(22)21-6-4-20(5-7-21)9-14-18-16(23)15-12(10-25-17(15)19-14)13-3-2-8-24-13/h2-3,8,10H,4-7,9H2,1H3,(H,18,19,23)/p+1. The number of aromatic nitrogens is 2. The maximum Gasteiger partial charge on any atom is 0.260 e. The Morgan fingerprint density at radius 3 is 2.84 bits per heavy atom. The van der Waals surface area contributed by atoms with Crippen LogP contribution in [0.5, 0.6) is 0 Å². The van der Waals surface area contributed by atoms with E-state index in [0.717, 1.165) is 47.3 Å². The second-order valence-corrected chi connectivity index (χ2v) is 8.06. The summed E-state index contributed by atoms with van der Waals surface area (Å²) in [7, 11) is 0. The number of fused-ring (bicyclic) bond motifs is 1. The SMILES string of the molecule is CC(=O)N1CC[NH+](Cc2nc3scc(-c4cccs4)c3c(=O)[nH]2)CC1. The van der Waals surface area contributed by atoms with E-state index in [-0.39, 0.29) is 11.5 Å². The Hall–Kier alpha value is -2.03. The number of H-pyrrole nitrogens is 1. The van der Waals surface area contributed by atoms with Gasteiger partial charge in [0.25, 0.3) is 5.56 Å². The smallest absolute Gasteiger partial charge is 0.260 e. The average Bonchev–Trinajstić information content (AvgIpc) is 3.24. The molecule has 0 saturated carbocycles. The second kappa shape index (κ2) is 6.70. The van der Waals surface area contributed by atoms with Crippen molar-refractivity contribution < 1.29 is 9.69 Å². The third kappa shape index (κ3) is 3.24. The summed E-state index contributed by atoms with van der Waals surface area (Å²) in [4.78, 5) is 36.8. The molecule has 0 bridgehead atoms. The van der Waals surface area contributed by atoms with Gasteiger partial charge in [-0.15, -0.1) is 22.7 Å². The lowest BCUT2D eigenvalue weighted by molar-refractivity contribution is -0.918. The van der Waals surface area contributed by atoms with Crippen molar-refractivity contribution in [2.24, 2.45) is 0 Å². The minimum absolute atomic E-state index is 0.0635. The van der Waals surface area contributed by atoms with Gasteiger partial charge in [-0.2, -0.15) is 0 Å². The van der Waals surface area contributed by atoms with Crippen molar-refractivity contribution in [3.05, 3.63) is 39.1 Å². The minimum Gasteiger partial charge on any atom is -0.332 e. The largest absolute Gasteiger partial charge is 0.332 e. The first kappa shape index (κ1) is 16.4. The molecule has 0 aliphatic carbocycles. The summed E-state index contributed by atoms with van der Waals surface area (Å²) in [5.74, 6) is 0.857. The predicted octanol–water partition coefficient (Wildman–Crippen LogP) is 0.960. The van der Waals surface area contributed by atoms with Crippen LogP contribution in [0, 0.1) is 0 Å². The zero-order valence-corrected chi connectivity index (χ0v) is 15.5. The third-order valence-electron chi connectivity index (χ3n) is 4.61. The van der Waals surface area contributed by atoms with E-state index in [2.05, 4.69) is 9.97 Å². The van der Waals surface area contributed by atoms with Crippen LogP contribution in [0.15, 0.2) is 27.7 Å². The van der Waals surface area contributed by atoms with Crippen molar-refractivity contribution in [1.82, 2.24) is 14.9 Å². The topological polar surface area (TPSA) is 70.5 Å². The molecule has 1 amide bonds. The monoisotopic (exact) mass is 375 g/mol. The number of quaternary nitrogens is 1. The van der Waals surface area contributed by atoms with Gasteiger partial charge in [-0.25, -0.2) is 4.98 Å². The molecule has 1 saturated heterocycles. The number of thiophene rings is 2. The number of hydrogen-bond donors (Lipinski definition) is 2. The highest BCUT2D eigenvalue weighted by Gasteiger charge is 2.23. The van der Waals surface area contributed by atoms with Crippen molar-refractivity contribution in [3.8, 4) is 10.4 Å². The maximum absolute atomic E-state index is 12.6. The fourth-order valence-electron chi connectivity index (χ4n) is 3.24. The lowest BCUT2D eigenvalue weighted by atomic mass is 10.2. The van der Waals surface area contributed by atoms with Crippen LogP contribution in [0.2, 0.25) is 0 Å². The van der Waals surface area contributed by atoms with Crippen LogP contribution >= 0.6 is 22.7 Å². The molecule has 1 fully saturated rings. The van der Waals surface area contributed by atoms with Gasteiger partial charge in [0.05, 0.1) is 31.6 Å². The highest BCUT2D eigenvalue weighted by Crippen LogP contribution is 2.33. The van der Waals surface area contributed by atoms with Crippen molar-refractivity contribution in [2.45, 2.75) is 13.5 Å². The molecule has 8 heteroatoms. The van der Waals surface area contributed by atoms with Gasteiger partial charge in [-0.3, -0.25) is 9.59 Å². The molecule has 0 unspecified atom stereocenters. The Morgan fingerprint density at radius 2 is 2.16 bits per heavy atom. The minimum atomic E-state index is -0.0635. The van der Waals surface area contributed by atoms with Gasteiger partial charge in [0, 0.05) is 22.7 Å². The molecule has 4 rings (SSSR count). The maximum atomic E-state index is 12.6. The first-order chi connectivity index (χ1) is 12.1. The number of carbonyl (C=O) groups is 1. The first-order valence-corrected chi connectivity index (χ1v) is 10.0. The lowest BCUT2D eigenvalue weighted by Gasteiger charge is -2.31. The molecule has 0 aromatic carbocycles. The molecule has 4 heterocycles. The summed E-state index contributed by atoms with van der Waals surface area (Å²) in [6, 6.07) is 4.02. The number of nitrogens with one attached hydrogen (secondary N) is 2. The van der Waals surface area contributed by atoms with Crippen molar-refractivity contribution in [1.29, 1.82) is 0 Å². The van der Waals surface area contributed by atoms with E-state index in [1.807, 2.05) is 27.8 Å². The average molecular weight is 375 g/mol. The van der Waals surface area contributed by atoms with E-state index in [1.54, 1.807) is 18.3 Å². The molecule has 0 radical (unpaired) electrons. The molecule has 25 heavy (non-hydrogen) atoms. The first-order valence-electron chi connectivity index (χ1n) is 8.25. The number of carbonyl (C=O) groups excluding carboxylic acids is 1. The number of piperazine rings is 1. The van der Waals surface area contributed by atoms with Crippen LogP contribution in [0.4, 0.5) is 0 Å². The molecule has 2 N–H and O–H groups in total. The molecule has 3 aromatic rings. The summed E-state index contributed by atoms with van der Waals surface area (Å²) < 4.78 is 0. The Labute approximate surface area is 152 Å². The lowest BCUT2D eigenvalue weighted by Crippen LogP contribution is -3.13. The Morgan fingerprint density at radius 1 is 1.36 bits per heavy atom. The highest BCUT2D eigenvalue weighted by atomic mass is 32.1. The van der Waals surface area contributed by atoms with Gasteiger partial charge in [0.2, 0.25) is 5.91 Å². The Kier molecular flexibility index (Phi) is 4.41. The van der Waals surface area contributed by atoms with Crippen molar-refractivity contribution in [3.63, 3.8) is 0 Å². The van der Waals surface area contributed by atoms with Crippen LogP contribution < -0.4 is 10.5 Å². The zero-order chi connectivity index (χ0) is 17.4. The normalized spacial score (nSPS) is 15.8. The second-order valence-electron chi connectivity index (χ2n) is 6.25. The van der Waals surface area contributed by atoms with Gasteiger partial charge in [-0.05, 0) is 11.4 Å². The third-order valence-corrected chi connectivity index (χ3v) is 6.39. The van der Waals surface area contributed by atoms with Crippen LogP contribution in [-0.4, -0.2) is 47.0 Å². The van der Waals surface area contributed by atoms with E-state index >= 15 is 0 Å². The van der Waals surface area contributed by atoms with Crippen molar-refractivity contribution >= 4 is 38.8 Å². The molecular weight excluding hydrogens is 356 g/mol. The van der Waals surface area contributed by atoms with E-state index in [4.69, 9.17) is 0 Å². The quantitative estimate of drug-likeness (QED) is 0.716. The number of amides is 1. The Bertz CT molecular complexity index is 953. The van der Waals surface area contributed by atoms with Crippen LogP contribution in [0.3, 0.4) is 0 Å². The number of rotatable bonds is 3. The molecule has 3 aromatic heterocycles. The fraction of sp³-hybridized carbons (Fsp3) is 0.353. The fourth-order valence-corrected chi connectivity index (χ4v) is 5.02. The summed E-state index contributed by atoms with van der Waals surface area (Å²) >= 11 is 3.15. The van der Waals surface area contributed by atoms with Crippen LogP contribution in [0.1, 0.15) is 12.7 Å². The number of aromatic amines is 1. The molecule has 6 nitrogen and oxygen atoms in total. The predicted molar refractivity (Wildman–Crippen MR) is 100 cm³/mol. The van der Waals surface area contributed by atoms with Gasteiger partial charge in [0.15, 0.2) is 5.82 Å². The van der Waals surface area contributed by atoms with E-state index in [9.17, 15) is 9.59 Å². The van der Waals surface area contributed by atoms with Crippen molar-refractivity contribution in [2.75, 3.05) is 26.2 Å². The summed E-state index contributed by atoms with van der Waals surface area (Å²) in [6.07, 6.45) is 0. The van der Waals surface area contributed by atoms with Gasteiger partial charge in [-0.1, -0.05) is 6.07 Å². The van der Waals surface area contributed by atoms with E-state index < -0.39 is 0 Å². The summed E-state index contributed by atoms with van der Waals surface area (Å²) in [6.45, 7) is 5.58. The highest BCUT2D eigenvalue weighted by molar-refractivity contribution is 7.18. The molecule has 0 spiro atoms. The van der Waals surface area contributed by atoms with Gasteiger partial charge in [0.1, 0.15) is 11.4 Å². The Balaban J connectivity index is 1.56. The van der Waals surface area contributed by atoms with E-state index in [0.29, 0.717) is 11.9 Å². The zero-order valence-electron chi connectivity index (χ0n) is 13.9. The van der Waals surface area contributed by atoms with Crippen LogP contribution in [-0.2, 0) is 11.3 Å². The molecule has 1 aliphatic rings. The molecule has 1 aliphatic heterocycles.